The van der Waals surface area contributed by atoms with E-state index >= 15 is 0 Å². The molecule has 48 heavy (non-hydrogen) atoms. The number of hydrogen-bond acceptors (Lipinski definition) is 2. The number of nitriles is 2. The molecule has 0 atom stereocenters. The Balaban J connectivity index is 1.30. The van der Waals surface area contributed by atoms with Crippen molar-refractivity contribution >= 4 is 43.6 Å². The lowest BCUT2D eigenvalue weighted by Gasteiger charge is -2.12. The summed E-state index contributed by atoms with van der Waals surface area (Å²) in [4.78, 5) is 0. The topological polar surface area (TPSA) is 57.4 Å². The summed E-state index contributed by atoms with van der Waals surface area (Å²) in [6.45, 7) is 0. The molecule has 0 spiro atoms. The molecule has 0 fully saturated rings. The van der Waals surface area contributed by atoms with Crippen molar-refractivity contribution in [2.45, 2.75) is 0 Å². The van der Waals surface area contributed by atoms with Gasteiger partial charge in [-0.2, -0.15) is 10.5 Å². The number of benzene rings is 7. The molecule has 0 amide bonds. The zero-order valence-electron chi connectivity index (χ0n) is 25.8. The average Bonchev–Trinajstić information content (AvgIpc) is 3.66. The number of aromatic nitrogens is 2. The van der Waals surface area contributed by atoms with Gasteiger partial charge in [0.1, 0.15) is 0 Å². The molecule has 0 radical (unpaired) electrons. The standard InChI is InChI=1S/C44H26N4/c45-27-32-13-8-14-33(28-46)44(32)31-12-9-15-35(24-31)48-41-19-7-5-17-37(41)39-25-42-38(26-43(39)48)36-16-4-6-18-40(36)47(42)34-22-20-30(21-23-34)29-10-2-1-3-11-29/h1-26H. The molecule has 222 valence electrons. The van der Waals surface area contributed by atoms with E-state index in [0.29, 0.717) is 16.7 Å². The van der Waals surface area contributed by atoms with Crippen LogP contribution in [-0.4, -0.2) is 9.13 Å². The number of hydrogen-bond donors (Lipinski definition) is 0. The molecule has 9 aromatic rings. The van der Waals surface area contributed by atoms with Crippen molar-refractivity contribution in [1.82, 2.24) is 9.13 Å². The van der Waals surface area contributed by atoms with Gasteiger partial charge in [0, 0.05) is 38.5 Å². The first kappa shape index (κ1) is 27.4. The second kappa shape index (κ2) is 10.9. The normalized spacial score (nSPS) is 11.3. The van der Waals surface area contributed by atoms with Crippen LogP contribution in [0.25, 0.3) is 77.2 Å². The third-order valence-electron chi connectivity index (χ3n) is 9.40. The average molecular weight is 611 g/mol. The van der Waals surface area contributed by atoms with Gasteiger partial charge in [0.05, 0.1) is 45.3 Å². The molecule has 2 heterocycles. The van der Waals surface area contributed by atoms with Crippen LogP contribution < -0.4 is 0 Å². The fourth-order valence-electron chi connectivity index (χ4n) is 7.27. The van der Waals surface area contributed by atoms with Gasteiger partial charge in [-0.3, -0.25) is 0 Å². The Kier molecular flexibility index (Phi) is 6.22. The third kappa shape index (κ3) is 4.14. The smallest absolute Gasteiger partial charge is 0.0998 e. The highest BCUT2D eigenvalue weighted by atomic mass is 15.0. The van der Waals surface area contributed by atoms with Crippen LogP contribution in [0.1, 0.15) is 11.1 Å². The molecule has 0 saturated heterocycles. The van der Waals surface area contributed by atoms with Crippen LogP contribution >= 0.6 is 0 Å². The van der Waals surface area contributed by atoms with E-state index in [1.54, 1.807) is 18.2 Å². The van der Waals surface area contributed by atoms with E-state index in [9.17, 15) is 10.5 Å². The Morgan fingerprint density at radius 2 is 0.854 bits per heavy atom. The van der Waals surface area contributed by atoms with Gasteiger partial charge >= 0.3 is 0 Å². The SMILES string of the molecule is N#Cc1cccc(C#N)c1-c1cccc(-n2c3ccccc3c3cc4c(cc32)c2ccccc2n4-c2ccc(-c3ccccc3)cc2)c1. The van der Waals surface area contributed by atoms with Crippen molar-refractivity contribution in [2.24, 2.45) is 0 Å². The molecular formula is C44H26N4. The van der Waals surface area contributed by atoms with Crippen molar-refractivity contribution < 1.29 is 0 Å². The van der Waals surface area contributed by atoms with E-state index in [4.69, 9.17) is 0 Å². The van der Waals surface area contributed by atoms with Crippen molar-refractivity contribution in [3.63, 3.8) is 0 Å². The summed E-state index contributed by atoms with van der Waals surface area (Å²) in [6, 6.07) is 59.1. The van der Waals surface area contributed by atoms with Gasteiger partial charge in [0.25, 0.3) is 0 Å². The quantitative estimate of drug-likeness (QED) is 0.199. The van der Waals surface area contributed by atoms with Gasteiger partial charge in [-0.1, -0.05) is 97.1 Å². The van der Waals surface area contributed by atoms with Gasteiger partial charge in [-0.15, -0.1) is 0 Å². The predicted octanol–water partition coefficient (Wildman–Crippen LogP) is 11.0. The maximum absolute atomic E-state index is 9.91. The van der Waals surface area contributed by atoms with Crippen LogP contribution in [-0.2, 0) is 0 Å². The third-order valence-corrected chi connectivity index (χ3v) is 9.40. The van der Waals surface area contributed by atoms with Crippen LogP contribution in [0.4, 0.5) is 0 Å². The maximum atomic E-state index is 9.91. The van der Waals surface area contributed by atoms with Crippen LogP contribution in [0, 0.1) is 22.7 Å². The zero-order valence-corrected chi connectivity index (χ0v) is 25.8. The highest BCUT2D eigenvalue weighted by Crippen LogP contribution is 2.40. The Labute approximate surface area is 277 Å². The molecule has 0 N–H and O–H groups in total. The van der Waals surface area contributed by atoms with Crippen LogP contribution in [0.5, 0.6) is 0 Å². The molecule has 7 aromatic carbocycles. The molecule has 0 unspecified atom stereocenters. The van der Waals surface area contributed by atoms with Crippen LogP contribution in [0.3, 0.4) is 0 Å². The lowest BCUT2D eigenvalue weighted by atomic mass is 9.95. The van der Waals surface area contributed by atoms with E-state index < -0.39 is 0 Å². The first-order valence-electron chi connectivity index (χ1n) is 15.9. The summed E-state index contributed by atoms with van der Waals surface area (Å²) in [7, 11) is 0. The predicted molar refractivity (Wildman–Crippen MR) is 195 cm³/mol. The van der Waals surface area contributed by atoms with Crippen molar-refractivity contribution in [1.29, 1.82) is 10.5 Å². The molecule has 4 nitrogen and oxygen atoms in total. The highest BCUT2D eigenvalue weighted by molar-refractivity contribution is 6.19. The van der Waals surface area contributed by atoms with Gasteiger partial charge in [0.15, 0.2) is 0 Å². The molecular weight excluding hydrogens is 585 g/mol. The fourth-order valence-corrected chi connectivity index (χ4v) is 7.27. The minimum absolute atomic E-state index is 0.486. The largest absolute Gasteiger partial charge is 0.309 e. The monoisotopic (exact) mass is 610 g/mol. The number of nitrogens with zero attached hydrogens (tertiary/aromatic N) is 4. The number of rotatable bonds is 4. The Bertz CT molecular complexity index is 2750. The minimum atomic E-state index is 0.486. The van der Waals surface area contributed by atoms with E-state index in [1.165, 1.54) is 21.9 Å². The Morgan fingerprint density at radius 3 is 1.46 bits per heavy atom. The van der Waals surface area contributed by atoms with Crippen LogP contribution in [0.2, 0.25) is 0 Å². The highest BCUT2D eigenvalue weighted by Gasteiger charge is 2.19. The fraction of sp³-hybridized carbons (Fsp3) is 0. The van der Waals surface area contributed by atoms with Crippen LogP contribution in [0.15, 0.2) is 158 Å². The van der Waals surface area contributed by atoms with E-state index in [1.807, 2.05) is 18.2 Å². The zero-order chi connectivity index (χ0) is 32.2. The van der Waals surface area contributed by atoms with Gasteiger partial charge in [0.2, 0.25) is 0 Å². The minimum Gasteiger partial charge on any atom is -0.309 e. The molecule has 0 bridgehead atoms. The molecule has 2 aromatic heterocycles. The molecule has 0 saturated carbocycles. The Hall–Kier alpha value is -6.88. The summed E-state index contributed by atoms with van der Waals surface area (Å²) >= 11 is 0. The van der Waals surface area contributed by atoms with E-state index in [2.05, 4.69) is 143 Å². The Morgan fingerprint density at radius 1 is 0.354 bits per heavy atom. The summed E-state index contributed by atoms with van der Waals surface area (Å²) in [5, 5.41) is 24.5. The van der Waals surface area contributed by atoms with E-state index in [-0.39, 0.29) is 0 Å². The molecule has 0 aliphatic carbocycles. The molecule has 9 rings (SSSR count). The second-order valence-corrected chi connectivity index (χ2v) is 12.0. The number of fused-ring (bicyclic) bond motifs is 6. The van der Waals surface area contributed by atoms with Gasteiger partial charge in [-0.25, -0.2) is 0 Å². The molecule has 4 heteroatoms. The van der Waals surface area contributed by atoms with Crippen molar-refractivity contribution in [3.05, 3.63) is 169 Å². The second-order valence-electron chi connectivity index (χ2n) is 12.0. The summed E-state index contributed by atoms with van der Waals surface area (Å²) in [6.07, 6.45) is 0. The van der Waals surface area contributed by atoms with Crippen molar-refractivity contribution in [2.75, 3.05) is 0 Å². The summed E-state index contributed by atoms with van der Waals surface area (Å²) in [5.41, 5.74) is 11.4. The molecule has 0 aliphatic heterocycles. The first-order chi connectivity index (χ1) is 23.7. The molecule has 0 aliphatic rings. The van der Waals surface area contributed by atoms with E-state index in [0.717, 1.165) is 49.8 Å². The summed E-state index contributed by atoms with van der Waals surface area (Å²) in [5.74, 6) is 0. The maximum Gasteiger partial charge on any atom is 0.0998 e. The van der Waals surface area contributed by atoms with Crippen molar-refractivity contribution in [3.8, 4) is 45.8 Å². The lowest BCUT2D eigenvalue weighted by molar-refractivity contribution is 1.17. The number of para-hydroxylation sites is 2. The van der Waals surface area contributed by atoms with Gasteiger partial charge < -0.3 is 9.13 Å². The van der Waals surface area contributed by atoms with Gasteiger partial charge in [-0.05, 0) is 77.4 Å². The first-order valence-corrected chi connectivity index (χ1v) is 15.9. The summed E-state index contributed by atoms with van der Waals surface area (Å²) < 4.78 is 4.67. The lowest BCUT2D eigenvalue weighted by Crippen LogP contribution is -1.96.